The quantitative estimate of drug-likeness (QED) is 0.146. The monoisotopic (exact) mass is 864 g/mol. The van der Waals surface area contributed by atoms with Gasteiger partial charge in [-0.1, -0.05) is 54.4 Å². The topological polar surface area (TPSA) is 140 Å². The second kappa shape index (κ2) is 17.7. The molecule has 5 aliphatic rings. The molecule has 1 saturated carbocycles. The van der Waals surface area contributed by atoms with Gasteiger partial charge in [0.25, 0.3) is 0 Å². The molecule has 0 bridgehead atoms. The van der Waals surface area contributed by atoms with Crippen molar-refractivity contribution < 1.29 is 28.0 Å². The van der Waals surface area contributed by atoms with Crippen LogP contribution in [-0.2, 0) is 19.2 Å². The summed E-state index contributed by atoms with van der Waals surface area (Å²) < 4.78 is 28.8. The Hall–Kier alpha value is -5.47. The first kappa shape index (κ1) is 41.9. The summed E-state index contributed by atoms with van der Waals surface area (Å²) in [6, 6.07) is 18.6. The van der Waals surface area contributed by atoms with Crippen LogP contribution in [0.5, 0.6) is 0 Å². The van der Waals surface area contributed by atoms with Crippen molar-refractivity contribution in [3.05, 3.63) is 95.1 Å². The average molecular weight is 865 g/mol. The lowest BCUT2D eigenvalue weighted by molar-refractivity contribution is -0.149. The third-order valence-corrected chi connectivity index (χ3v) is 13.8. The van der Waals surface area contributed by atoms with Crippen LogP contribution in [0, 0.1) is 23.0 Å². The van der Waals surface area contributed by atoms with Gasteiger partial charge in [0.15, 0.2) is 0 Å². The summed E-state index contributed by atoms with van der Waals surface area (Å²) in [6.45, 7) is 4.42. The number of anilines is 2. The maximum Gasteiger partial charge on any atom is 0.249 e. The third-order valence-electron chi connectivity index (χ3n) is 13.5. The number of hydrogen-bond donors (Lipinski definition) is 3. The van der Waals surface area contributed by atoms with E-state index < -0.39 is 11.9 Å². The van der Waals surface area contributed by atoms with Gasteiger partial charge in [-0.05, 0) is 111 Å². The molecule has 0 radical (unpaired) electrons. The average Bonchev–Trinajstić information content (AvgIpc) is 3.72. The Balaban J connectivity index is 0.723. The van der Waals surface area contributed by atoms with Crippen molar-refractivity contribution in [1.82, 2.24) is 30.0 Å². The fourth-order valence-electron chi connectivity index (χ4n) is 10.1. The van der Waals surface area contributed by atoms with E-state index in [0.717, 1.165) is 55.2 Å². The van der Waals surface area contributed by atoms with Crippen molar-refractivity contribution in [2.24, 2.45) is 11.3 Å². The number of hydrogen-bond acceptors (Lipinski definition) is 9. The van der Waals surface area contributed by atoms with Gasteiger partial charge >= 0.3 is 0 Å². The summed E-state index contributed by atoms with van der Waals surface area (Å²) in [5.41, 5.74) is 4.31. The number of nitrogens with zero attached hydrogens (tertiary/aromatic N) is 5. The van der Waals surface area contributed by atoms with Crippen molar-refractivity contribution in [1.29, 1.82) is 0 Å². The molecule has 4 aromatic rings. The number of carbonyl (C=O) groups is 4. The number of likely N-dealkylation sites (tertiary alicyclic amines) is 3. The molecule has 15 heteroatoms. The molecule has 1 spiro atoms. The van der Waals surface area contributed by atoms with E-state index >= 15 is 4.39 Å². The zero-order valence-corrected chi connectivity index (χ0v) is 35.3. The summed E-state index contributed by atoms with van der Waals surface area (Å²) in [6.07, 6.45) is 7.92. The highest BCUT2D eigenvalue weighted by atomic mass is 35.5. The van der Waals surface area contributed by atoms with Crippen molar-refractivity contribution in [2.75, 3.05) is 56.4 Å². The SMILES string of the molecule is O=C1CCC(Nc2ccc(C3CCN(CC(=O)N4CCC5(C4)CN(C(=O)C4CCCC(Nc6ncc(Cl)c(-c7cccc(-c8ccc(F)cc8)c7)n6)C4)C5)CC3)c(F)c2)C(=O)N1. The van der Waals surface area contributed by atoms with Crippen LogP contribution in [0.15, 0.2) is 72.9 Å². The van der Waals surface area contributed by atoms with Crippen LogP contribution in [0.25, 0.3) is 22.4 Å². The lowest BCUT2D eigenvalue weighted by atomic mass is 9.77. The Kier molecular flexibility index (Phi) is 12.0. The van der Waals surface area contributed by atoms with E-state index in [2.05, 4.69) is 25.8 Å². The Bertz CT molecular complexity index is 2350. The van der Waals surface area contributed by atoms with Crippen LogP contribution in [0.3, 0.4) is 0 Å². The number of carbonyl (C=O) groups excluding carboxylic acids is 4. The van der Waals surface area contributed by atoms with E-state index in [9.17, 15) is 23.6 Å². The molecule has 62 heavy (non-hydrogen) atoms. The first-order valence-electron chi connectivity index (χ1n) is 21.8. The van der Waals surface area contributed by atoms with Gasteiger partial charge in [-0.15, -0.1) is 0 Å². The molecule has 4 amide bonds. The lowest BCUT2D eigenvalue weighted by Gasteiger charge is -2.49. The van der Waals surface area contributed by atoms with Gasteiger partial charge in [0.05, 0.1) is 23.5 Å². The molecule has 324 valence electrons. The molecule has 1 aromatic heterocycles. The summed E-state index contributed by atoms with van der Waals surface area (Å²) in [4.78, 5) is 66.2. The number of benzene rings is 3. The predicted molar refractivity (Wildman–Crippen MR) is 232 cm³/mol. The zero-order valence-electron chi connectivity index (χ0n) is 34.6. The van der Waals surface area contributed by atoms with E-state index in [1.807, 2.05) is 34.1 Å². The maximum absolute atomic E-state index is 15.3. The fourth-order valence-corrected chi connectivity index (χ4v) is 10.3. The second-order valence-electron chi connectivity index (χ2n) is 17.9. The Morgan fingerprint density at radius 3 is 2.40 bits per heavy atom. The van der Waals surface area contributed by atoms with Gasteiger partial charge in [-0.3, -0.25) is 29.4 Å². The molecular weight excluding hydrogens is 814 g/mol. The van der Waals surface area contributed by atoms with E-state index in [4.69, 9.17) is 16.6 Å². The van der Waals surface area contributed by atoms with Crippen LogP contribution < -0.4 is 16.0 Å². The number of nitrogens with one attached hydrogen (secondary N) is 3. The van der Waals surface area contributed by atoms with Gasteiger partial charge < -0.3 is 20.4 Å². The minimum atomic E-state index is -0.573. The van der Waals surface area contributed by atoms with E-state index in [1.165, 1.54) is 18.2 Å². The summed E-state index contributed by atoms with van der Waals surface area (Å²) >= 11 is 6.59. The van der Waals surface area contributed by atoms with Gasteiger partial charge in [-0.25, -0.2) is 18.7 Å². The van der Waals surface area contributed by atoms with Crippen molar-refractivity contribution >= 4 is 46.9 Å². The number of piperidine rings is 2. The zero-order chi connectivity index (χ0) is 43.0. The van der Waals surface area contributed by atoms with Crippen molar-refractivity contribution in [3.8, 4) is 22.4 Å². The standard InChI is InChI=1S/C47H51ClF2N8O4/c48-38-24-51-46(55-43(38)32-4-1-3-31(21-32)29-7-9-34(49)10-8-29)53-35-6-2-5-33(22-35)45(62)58-27-47(28-58)17-20-57(26-47)42(60)25-56-18-15-30(16-19-56)37-12-11-36(23-39(37)50)52-40-13-14-41(59)54-44(40)61/h1,3-4,7-12,21,23-24,30,33,35,40,52H,2,5-6,13-20,22,25-28H2,(H,51,53,55)(H,54,59,61). The molecule has 3 aromatic carbocycles. The third kappa shape index (κ3) is 9.17. The minimum absolute atomic E-state index is 0.0333. The Labute approximate surface area is 364 Å². The van der Waals surface area contributed by atoms with E-state index in [-0.39, 0.29) is 59.1 Å². The van der Waals surface area contributed by atoms with E-state index in [1.54, 1.807) is 30.5 Å². The molecular formula is C47H51ClF2N8O4. The molecule has 3 N–H and O–H groups in total. The van der Waals surface area contributed by atoms with Gasteiger partial charge in [-0.2, -0.15) is 0 Å². The summed E-state index contributed by atoms with van der Waals surface area (Å²) in [5.74, 6) is -0.612. The Morgan fingerprint density at radius 1 is 0.855 bits per heavy atom. The number of rotatable bonds is 10. The van der Waals surface area contributed by atoms with Crippen LogP contribution in [0.4, 0.5) is 20.4 Å². The molecule has 4 aliphatic heterocycles. The highest BCUT2D eigenvalue weighted by Gasteiger charge is 2.51. The normalized spacial score (nSPS) is 22.9. The number of halogens is 3. The largest absolute Gasteiger partial charge is 0.374 e. The highest BCUT2D eigenvalue weighted by Crippen LogP contribution is 2.42. The van der Waals surface area contributed by atoms with Crippen molar-refractivity contribution in [3.63, 3.8) is 0 Å². The molecule has 9 rings (SSSR count). The van der Waals surface area contributed by atoms with Crippen molar-refractivity contribution in [2.45, 2.75) is 75.8 Å². The number of aromatic nitrogens is 2. The number of amides is 4. The van der Waals surface area contributed by atoms with Crippen LogP contribution in [0.1, 0.15) is 69.3 Å². The smallest absolute Gasteiger partial charge is 0.249 e. The second-order valence-corrected chi connectivity index (χ2v) is 18.3. The minimum Gasteiger partial charge on any atom is -0.374 e. The Morgan fingerprint density at radius 2 is 1.63 bits per heavy atom. The van der Waals surface area contributed by atoms with E-state index in [0.29, 0.717) is 86.6 Å². The molecule has 4 saturated heterocycles. The highest BCUT2D eigenvalue weighted by molar-refractivity contribution is 6.33. The molecule has 5 heterocycles. The first-order chi connectivity index (χ1) is 30.0. The van der Waals surface area contributed by atoms with Gasteiger partial charge in [0.1, 0.15) is 17.7 Å². The predicted octanol–water partition coefficient (Wildman–Crippen LogP) is 6.87. The summed E-state index contributed by atoms with van der Waals surface area (Å²) in [7, 11) is 0. The van der Waals surface area contributed by atoms with Crippen LogP contribution in [0.2, 0.25) is 5.02 Å². The van der Waals surface area contributed by atoms with Gasteiger partial charge in [0.2, 0.25) is 29.6 Å². The van der Waals surface area contributed by atoms with Gasteiger partial charge in [0, 0.05) is 61.2 Å². The number of imide groups is 1. The fraction of sp³-hybridized carbons (Fsp3) is 0.447. The molecule has 12 nitrogen and oxygen atoms in total. The maximum atomic E-state index is 15.3. The van der Waals surface area contributed by atoms with Crippen LogP contribution >= 0.6 is 11.6 Å². The summed E-state index contributed by atoms with van der Waals surface area (Å²) in [5, 5.41) is 9.26. The lowest BCUT2D eigenvalue weighted by Crippen LogP contribution is -2.61. The molecule has 1 aliphatic carbocycles. The molecule has 3 atom stereocenters. The first-order valence-corrected chi connectivity index (χ1v) is 22.2. The molecule has 5 fully saturated rings. The molecule has 3 unspecified atom stereocenters. The van der Waals surface area contributed by atoms with Crippen LogP contribution in [-0.4, -0.2) is 106 Å².